The predicted octanol–water partition coefficient (Wildman–Crippen LogP) is 2.04. The van der Waals surface area contributed by atoms with E-state index in [4.69, 9.17) is 9.47 Å². The van der Waals surface area contributed by atoms with Crippen LogP contribution in [-0.4, -0.2) is 34.2 Å². The molecule has 0 unspecified atom stereocenters. The molecule has 0 amide bonds. The van der Waals surface area contributed by atoms with Crippen molar-refractivity contribution in [3.63, 3.8) is 0 Å². The van der Waals surface area contributed by atoms with Crippen molar-refractivity contribution in [3.8, 4) is 22.8 Å². The van der Waals surface area contributed by atoms with Crippen LogP contribution in [0.25, 0.3) is 22.6 Å². The molecule has 3 rings (SSSR count). The summed E-state index contributed by atoms with van der Waals surface area (Å²) >= 11 is 0. The Bertz CT molecular complexity index is 723. The van der Waals surface area contributed by atoms with Gasteiger partial charge in [-0.1, -0.05) is 0 Å². The minimum atomic E-state index is 0.601. The number of hydrogen-bond acceptors (Lipinski definition) is 5. The fraction of sp³-hybridized carbons (Fsp3) is 0.154. The van der Waals surface area contributed by atoms with Gasteiger partial charge in [0.25, 0.3) is 0 Å². The monoisotopic (exact) mass is 256 g/mol. The number of fused-ring (bicyclic) bond motifs is 1. The van der Waals surface area contributed by atoms with Crippen LogP contribution < -0.4 is 9.47 Å². The first-order chi connectivity index (χ1) is 9.31. The highest BCUT2D eigenvalue weighted by atomic mass is 16.5. The molecule has 6 nitrogen and oxygen atoms in total. The van der Waals surface area contributed by atoms with Crippen molar-refractivity contribution in [2.45, 2.75) is 0 Å². The smallest absolute Gasteiger partial charge is 0.197 e. The fourth-order valence-electron chi connectivity index (χ4n) is 1.86. The van der Waals surface area contributed by atoms with E-state index in [0.717, 1.165) is 11.3 Å². The van der Waals surface area contributed by atoms with Gasteiger partial charge in [0.05, 0.1) is 32.4 Å². The van der Waals surface area contributed by atoms with Crippen molar-refractivity contribution < 1.29 is 9.47 Å². The number of H-pyrrole nitrogens is 1. The van der Waals surface area contributed by atoms with E-state index >= 15 is 0 Å². The Morgan fingerprint density at radius 3 is 2.68 bits per heavy atom. The van der Waals surface area contributed by atoms with E-state index in [1.54, 1.807) is 26.7 Å². The maximum absolute atomic E-state index is 5.28. The molecule has 0 aliphatic carbocycles. The standard InChI is InChI=1S/C13H12N4O2/c1-18-10-4-3-8(5-11(10)19-2)9-6-14-12-13(17-9)16-7-15-12/h3-7H,1-2H3,(H,14,15,16,17). The number of nitrogens with zero attached hydrogens (tertiary/aromatic N) is 3. The van der Waals surface area contributed by atoms with E-state index in [0.29, 0.717) is 22.8 Å². The van der Waals surface area contributed by atoms with Crippen molar-refractivity contribution in [3.05, 3.63) is 30.7 Å². The third kappa shape index (κ3) is 1.97. The average molecular weight is 256 g/mol. The number of aromatic nitrogens is 4. The summed E-state index contributed by atoms with van der Waals surface area (Å²) in [6.45, 7) is 0. The van der Waals surface area contributed by atoms with Crippen LogP contribution in [0.1, 0.15) is 0 Å². The van der Waals surface area contributed by atoms with Gasteiger partial charge in [-0.3, -0.25) is 0 Å². The highest BCUT2D eigenvalue weighted by Gasteiger charge is 2.08. The Morgan fingerprint density at radius 1 is 1.05 bits per heavy atom. The van der Waals surface area contributed by atoms with Gasteiger partial charge in [0.15, 0.2) is 22.8 Å². The molecule has 3 aromatic rings. The Morgan fingerprint density at radius 2 is 1.89 bits per heavy atom. The second kappa shape index (κ2) is 4.56. The van der Waals surface area contributed by atoms with Crippen LogP contribution in [0.3, 0.4) is 0 Å². The number of imidazole rings is 1. The molecule has 0 spiro atoms. The highest BCUT2D eigenvalue weighted by Crippen LogP contribution is 2.31. The molecular formula is C13H12N4O2. The van der Waals surface area contributed by atoms with E-state index in [1.165, 1.54) is 0 Å². The van der Waals surface area contributed by atoms with E-state index < -0.39 is 0 Å². The van der Waals surface area contributed by atoms with Gasteiger partial charge in [-0.2, -0.15) is 0 Å². The molecule has 0 saturated carbocycles. The number of methoxy groups -OCH3 is 2. The van der Waals surface area contributed by atoms with E-state index in [9.17, 15) is 0 Å². The lowest BCUT2D eigenvalue weighted by molar-refractivity contribution is 0.355. The van der Waals surface area contributed by atoms with Crippen LogP contribution in [0.15, 0.2) is 30.7 Å². The van der Waals surface area contributed by atoms with Crippen LogP contribution in [0.4, 0.5) is 0 Å². The van der Waals surface area contributed by atoms with Gasteiger partial charge in [0.1, 0.15) is 0 Å². The van der Waals surface area contributed by atoms with Crippen LogP contribution in [0, 0.1) is 0 Å². The number of ether oxygens (including phenoxy) is 2. The molecule has 19 heavy (non-hydrogen) atoms. The molecule has 0 fully saturated rings. The molecule has 0 aliphatic heterocycles. The number of aromatic amines is 1. The Labute approximate surface area is 109 Å². The summed E-state index contributed by atoms with van der Waals surface area (Å²) in [5.41, 5.74) is 2.91. The van der Waals surface area contributed by atoms with Gasteiger partial charge in [-0.15, -0.1) is 0 Å². The highest BCUT2D eigenvalue weighted by molar-refractivity contribution is 5.71. The van der Waals surface area contributed by atoms with Crippen LogP contribution in [-0.2, 0) is 0 Å². The maximum atomic E-state index is 5.28. The molecule has 1 aromatic carbocycles. The summed E-state index contributed by atoms with van der Waals surface area (Å²) in [7, 11) is 3.21. The second-order valence-corrected chi connectivity index (χ2v) is 3.90. The van der Waals surface area contributed by atoms with Gasteiger partial charge in [0.2, 0.25) is 0 Å². The van der Waals surface area contributed by atoms with E-state index in [-0.39, 0.29) is 0 Å². The molecule has 2 heterocycles. The molecule has 0 atom stereocenters. The van der Waals surface area contributed by atoms with Gasteiger partial charge >= 0.3 is 0 Å². The topological polar surface area (TPSA) is 72.9 Å². The van der Waals surface area contributed by atoms with E-state index in [1.807, 2.05) is 18.2 Å². The molecule has 6 heteroatoms. The quantitative estimate of drug-likeness (QED) is 0.776. The number of hydrogen-bond donors (Lipinski definition) is 1. The third-order valence-electron chi connectivity index (χ3n) is 2.82. The normalized spacial score (nSPS) is 10.6. The lowest BCUT2D eigenvalue weighted by Crippen LogP contribution is -1.92. The van der Waals surface area contributed by atoms with Crippen molar-refractivity contribution in [1.82, 2.24) is 19.9 Å². The summed E-state index contributed by atoms with van der Waals surface area (Å²) in [6, 6.07) is 5.62. The summed E-state index contributed by atoms with van der Waals surface area (Å²) < 4.78 is 10.5. The zero-order chi connectivity index (χ0) is 13.2. The molecule has 2 aromatic heterocycles. The zero-order valence-electron chi connectivity index (χ0n) is 10.5. The van der Waals surface area contributed by atoms with Crippen molar-refractivity contribution in [2.75, 3.05) is 14.2 Å². The van der Waals surface area contributed by atoms with Gasteiger partial charge in [-0.05, 0) is 18.2 Å². The van der Waals surface area contributed by atoms with Crippen molar-refractivity contribution in [1.29, 1.82) is 0 Å². The summed E-state index contributed by atoms with van der Waals surface area (Å²) in [6.07, 6.45) is 3.26. The van der Waals surface area contributed by atoms with Crippen LogP contribution >= 0.6 is 0 Å². The second-order valence-electron chi connectivity index (χ2n) is 3.90. The molecule has 96 valence electrons. The molecule has 1 N–H and O–H groups in total. The summed E-state index contributed by atoms with van der Waals surface area (Å²) in [4.78, 5) is 15.7. The lowest BCUT2D eigenvalue weighted by Gasteiger charge is -2.09. The first-order valence-corrected chi connectivity index (χ1v) is 5.70. The minimum absolute atomic E-state index is 0.601. The molecular weight excluding hydrogens is 244 g/mol. The minimum Gasteiger partial charge on any atom is -0.493 e. The summed E-state index contributed by atoms with van der Waals surface area (Å²) in [5, 5.41) is 0. The molecule has 0 saturated heterocycles. The fourth-order valence-corrected chi connectivity index (χ4v) is 1.86. The largest absolute Gasteiger partial charge is 0.493 e. The Hall–Kier alpha value is -2.63. The number of rotatable bonds is 3. The van der Waals surface area contributed by atoms with Crippen molar-refractivity contribution >= 4 is 11.3 Å². The Kier molecular flexibility index (Phi) is 2.75. The van der Waals surface area contributed by atoms with Gasteiger partial charge in [-0.25, -0.2) is 15.0 Å². The summed E-state index contributed by atoms with van der Waals surface area (Å²) in [5.74, 6) is 1.34. The number of benzene rings is 1. The Balaban J connectivity index is 2.09. The first-order valence-electron chi connectivity index (χ1n) is 5.70. The van der Waals surface area contributed by atoms with Gasteiger partial charge in [0, 0.05) is 5.56 Å². The molecule has 0 bridgehead atoms. The first kappa shape index (κ1) is 11.5. The number of nitrogens with one attached hydrogen (secondary N) is 1. The predicted molar refractivity (Wildman–Crippen MR) is 70.2 cm³/mol. The van der Waals surface area contributed by atoms with Crippen molar-refractivity contribution in [2.24, 2.45) is 0 Å². The van der Waals surface area contributed by atoms with Crippen LogP contribution in [0.5, 0.6) is 11.5 Å². The van der Waals surface area contributed by atoms with Crippen LogP contribution in [0.2, 0.25) is 0 Å². The SMILES string of the molecule is COc1ccc(-c2cnc3nc[nH]c3n2)cc1OC. The van der Waals surface area contributed by atoms with E-state index in [2.05, 4.69) is 19.9 Å². The average Bonchev–Trinajstić information content (AvgIpc) is 2.93. The molecule has 0 radical (unpaired) electrons. The zero-order valence-corrected chi connectivity index (χ0v) is 10.5. The maximum Gasteiger partial charge on any atom is 0.197 e. The lowest BCUT2D eigenvalue weighted by atomic mass is 10.1. The van der Waals surface area contributed by atoms with Gasteiger partial charge < -0.3 is 14.5 Å². The third-order valence-corrected chi connectivity index (χ3v) is 2.82. The molecule has 0 aliphatic rings.